The summed E-state index contributed by atoms with van der Waals surface area (Å²) in [6, 6.07) is 0.647. The Morgan fingerprint density at radius 3 is 2.19 bits per heavy atom. The lowest BCUT2D eigenvalue weighted by Crippen LogP contribution is -2.32. The summed E-state index contributed by atoms with van der Waals surface area (Å²) in [6.45, 7) is 0. The van der Waals surface area contributed by atoms with Crippen LogP contribution in [0.15, 0.2) is 15.7 Å². The van der Waals surface area contributed by atoms with E-state index in [1.807, 2.05) is 10.2 Å². The van der Waals surface area contributed by atoms with Gasteiger partial charge >= 0.3 is 33.4 Å². The number of fused-ring (bicyclic) bond motifs is 2. The lowest BCUT2D eigenvalue weighted by Gasteiger charge is -1.95. The molecule has 0 spiro atoms. The van der Waals surface area contributed by atoms with Gasteiger partial charge in [-0.25, -0.2) is 4.39 Å². The van der Waals surface area contributed by atoms with Gasteiger partial charge < -0.3 is 0 Å². The lowest BCUT2D eigenvalue weighted by molar-refractivity contribution is -0.404. The van der Waals surface area contributed by atoms with Crippen LogP contribution >= 0.6 is 0 Å². The Hall–Kier alpha value is -3.24. The van der Waals surface area contributed by atoms with Crippen molar-refractivity contribution < 1.29 is 23.7 Å². The largest absolute Gasteiger partial charge is 0.385 e. The molecule has 2 aromatic heterocycles. The summed E-state index contributed by atoms with van der Waals surface area (Å²) in [6.07, 6.45) is 0. The number of nitro benzene ring substituents is 1. The summed E-state index contributed by atoms with van der Waals surface area (Å²) in [7, 11) is 0. The number of nitrogens with one attached hydrogen (secondary N) is 4. The number of nitro groups is 1. The first-order chi connectivity index (χ1) is 9.90. The molecule has 2 heterocycles. The first-order valence-electron chi connectivity index (χ1n) is 5.45. The van der Waals surface area contributed by atoms with Crippen molar-refractivity contribution in [1.29, 1.82) is 0 Å². The second kappa shape index (κ2) is 4.13. The standard InChI is InChI=1S/C10H3F2N5O4/c11-2-1-3-5(8(4(2)12)17(20)21)14-7-6(13-3)9(18)15-16-10(7)19/h1H,(H,15,18)(H,16,19)/p+2. The molecule has 0 aliphatic heterocycles. The van der Waals surface area contributed by atoms with Crippen molar-refractivity contribution in [2.24, 2.45) is 0 Å². The fraction of sp³-hybridized carbons (Fsp3) is 0. The van der Waals surface area contributed by atoms with Crippen LogP contribution in [-0.4, -0.2) is 15.1 Å². The van der Waals surface area contributed by atoms with Gasteiger partial charge in [0, 0.05) is 0 Å². The van der Waals surface area contributed by atoms with E-state index in [-0.39, 0.29) is 16.6 Å². The molecule has 0 unspecified atom stereocenters. The number of hydrogen-bond acceptors (Lipinski definition) is 4. The monoisotopic (exact) mass is 297 g/mol. The molecule has 0 saturated heterocycles. The van der Waals surface area contributed by atoms with E-state index < -0.39 is 38.9 Å². The van der Waals surface area contributed by atoms with Crippen molar-refractivity contribution in [2.45, 2.75) is 0 Å². The molecule has 4 N–H and O–H groups in total. The van der Waals surface area contributed by atoms with Gasteiger partial charge in [0.25, 0.3) is 5.52 Å². The van der Waals surface area contributed by atoms with Crippen LogP contribution in [0.4, 0.5) is 14.5 Å². The summed E-state index contributed by atoms with van der Waals surface area (Å²) in [5, 5.41) is 14.9. The molecular formula is C10H5F2N5O4+2. The molecule has 3 aromatic rings. The van der Waals surface area contributed by atoms with E-state index in [1.54, 1.807) is 0 Å². The number of benzene rings is 1. The van der Waals surface area contributed by atoms with E-state index in [0.29, 0.717) is 6.07 Å². The van der Waals surface area contributed by atoms with E-state index in [4.69, 9.17) is 0 Å². The summed E-state index contributed by atoms with van der Waals surface area (Å²) in [5.74, 6) is -3.13. The van der Waals surface area contributed by atoms with Gasteiger partial charge in [-0.2, -0.15) is 14.4 Å². The van der Waals surface area contributed by atoms with Crippen molar-refractivity contribution in [1.82, 2.24) is 10.2 Å². The quantitative estimate of drug-likeness (QED) is 0.344. The van der Waals surface area contributed by atoms with Gasteiger partial charge in [0.15, 0.2) is 5.82 Å². The fourth-order valence-corrected chi connectivity index (χ4v) is 1.97. The second-order valence-corrected chi connectivity index (χ2v) is 4.11. The Kier molecular flexibility index (Phi) is 2.51. The molecule has 0 aliphatic carbocycles. The van der Waals surface area contributed by atoms with Crippen LogP contribution in [0.1, 0.15) is 0 Å². The Bertz CT molecular complexity index is 1040. The molecule has 0 saturated carbocycles. The van der Waals surface area contributed by atoms with Crippen LogP contribution in [-0.2, 0) is 0 Å². The molecule has 0 atom stereocenters. The Balaban J connectivity index is 2.65. The van der Waals surface area contributed by atoms with Crippen LogP contribution < -0.4 is 21.1 Å². The number of aromatic amines is 4. The highest BCUT2D eigenvalue weighted by Crippen LogP contribution is 2.25. The van der Waals surface area contributed by atoms with Crippen LogP contribution in [0.3, 0.4) is 0 Å². The van der Waals surface area contributed by atoms with Crippen LogP contribution in [0.2, 0.25) is 0 Å². The highest BCUT2D eigenvalue weighted by Gasteiger charge is 2.34. The van der Waals surface area contributed by atoms with Crippen molar-refractivity contribution in [3.63, 3.8) is 0 Å². The molecule has 3 rings (SSSR count). The highest BCUT2D eigenvalue weighted by atomic mass is 19.2. The molecule has 0 bridgehead atoms. The summed E-state index contributed by atoms with van der Waals surface area (Å²) < 4.78 is 26.9. The molecule has 106 valence electrons. The minimum absolute atomic E-state index is 0.232. The molecule has 11 heteroatoms. The Morgan fingerprint density at radius 1 is 1.05 bits per heavy atom. The molecule has 0 fully saturated rings. The summed E-state index contributed by atoms with van der Waals surface area (Å²) >= 11 is 0. The SMILES string of the molecule is O=c1[nH][nH]c(=O)c2[nH+]c3c([N+](=O)[O-])c(F)c(F)cc3[nH+]c12. The zero-order chi connectivity index (χ0) is 15.3. The van der Waals surface area contributed by atoms with Crippen molar-refractivity contribution in [2.75, 3.05) is 0 Å². The van der Waals surface area contributed by atoms with E-state index in [2.05, 4.69) is 9.97 Å². The number of aromatic nitrogens is 4. The maximum absolute atomic E-state index is 13.6. The average Bonchev–Trinajstić information content (AvgIpc) is 2.43. The predicted octanol–water partition coefficient (Wildman–Crippen LogP) is -0.816. The van der Waals surface area contributed by atoms with E-state index in [0.717, 1.165) is 0 Å². The van der Waals surface area contributed by atoms with Crippen LogP contribution in [0.5, 0.6) is 0 Å². The van der Waals surface area contributed by atoms with Gasteiger partial charge in [-0.15, -0.1) is 0 Å². The predicted molar refractivity (Wildman–Crippen MR) is 62.4 cm³/mol. The summed E-state index contributed by atoms with van der Waals surface area (Å²) in [4.78, 5) is 37.6. The molecule has 1 aromatic carbocycles. The average molecular weight is 297 g/mol. The third-order valence-electron chi connectivity index (χ3n) is 2.88. The molecule has 9 nitrogen and oxygen atoms in total. The first-order valence-corrected chi connectivity index (χ1v) is 5.45. The Morgan fingerprint density at radius 2 is 1.62 bits per heavy atom. The Labute approximate surface area is 111 Å². The molecule has 21 heavy (non-hydrogen) atoms. The first kappa shape index (κ1) is 12.8. The second-order valence-electron chi connectivity index (χ2n) is 4.11. The van der Waals surface area contributed by atoms with Crippen LogP contribution in [0.25, 0.3) is 22.1 Å². The minimum atomic E-state index is -1.67. The number of hydrogen-bond donors (Lipinski definition) is 2. The topological polar surface area (TPSA) is 137 Å². The van der Waals surface area contributed by atoms with Crippen molar-refractivity contribution in [3.05, 3.63) is 48.5 Å². The van der Waals surface area contributed by atoms with E-state index >= 15 is 0 Å². The van der Waals surface area contributed by atoms with Gasteiger partial charge in [-0.3, -0.25) is 29.9 Å². The van der Waals surface area contributed by atoms with E-state index in [1.165, 1.54) is 0 Å². The zero-order valence-electron chi connectivity index (χ0n) is 9.91. The smallest absolute Gasteiger partial charge is 0.260 e. The lowest BCUT2D eigenvalue weighted by atomic mass is 10.2. The molecule has 0 aliphatic rings. The van der Waals surface area contributed by atoms with Crippen molar-refractivity contribution in [3.8, 4) is 0 Å². The zero-order valence-corrected chi connectivity index (χ0v) is 9.91. The number of halogens is 2. The third kappa shape index (κ3) is 1.74. The van der Waals surface area contributed by atoms with E-state index in [9.17, 15) is 28.5 Å². The number of H-pyrrole nitrogens is 4. The number of nitrogens with zero attached hydrogens (tertiary/aromatic N) is 1. The highest BCUT2D eigenvalue weighted by molar-refractivity contribution is 5.81. The van der Waals surface area contributed by atoms with Gasteiger partial charge in [-0.1, -0.05) is 0 Å². The minimum Gasteiger partial charge on any atom is -0.260 e. The van der Waals surface area contributed by atoms with Gasteiger partial charge in [0.2, 0.25) is 5.82 Å². The fourth-order valence-electron chi connectivity index (χ4n) is 1.97. The van der Waals surface area contributed by atoms with Gasteiger partial charge in [0.1, 0.15) is 0 Å². The normalized spacial score (nSPS) is 11.1. The van der Waals surface area contributed by atoms with Gasteiger partial charge in [-0.05, 0) is 0 Å². The van der Waals surface area contributed by atoms with Gasteiger partial charge in [0.05, 0.1) is 11.0 Å². The van der Waals surface area contributed by atoms with Crippen molar-refractivity contribution >= 4 is 27.8 Å². The summed E-state index contributed by atoms with van der Waals surface area (Å²) in [5.41, 5.74) is -3.96. The molecule has 0 radical (unpaired) electrons. The molecular weight excluding hydrogens is 292 g/mol. The maximum Gasteiger partial charge on any atom is 0.385 e. The number of rotatable bonds is 1. The molecule has 0 amide bonds. The van der Waals surface area contributed by atoms with Crippen LogP contribution in [0, 0.1) is 21.7 Å². The third-order valence-corrected chi connectivity index (χ3v) is 2.88. The maximum atomic E-state index is 13.6.